The number of aryl methyl sites for hydroxylation is 1. The first-order valence-electron chi connectivity index (χ1n) is 11.7. The zero-order valence-corrected chi connectivity index (χ0v) is 19.7. The fraction of sp³-hybridized carbons (Fsp3) is 0.652. The fourth-order valence-corrected chi connectivity index (χ4v) is 6.38. The second-order valence-corrected chi connectivity index (χ2v) is 11.1. The molecule has 9 heteroatoms. The Morgan fingerprint density at radius 1 is 0.906 bits per heavy atom. The lowest BCUT2D eigenvalue weighted by molar-refractivity contribution is -0.144. The largest absolute Gasteiger partial charge is 0.338 e. The van der Waals surface area contributed by atoms with Gasteiger partial charge in [-0.25, -0.2) is 8.42 Å². The number of nitrogens with zero attached hydrogens (tertiary/aromatic N) is 4. The van der Waals surface area contributed by atoms with Gasteiger partial charge in [0.05, 0.1) is 4.90 Å². The number of hydrogen-bond donors (Lipinski definition) is 0. The van der Waals surface area contributed by atoms with Crippen molar-refractivity contribution in [1.82, 2.24) is 19.0 Å². The lowest BCUT2D eigenvalue weighted by atomic mass is 10.1. The van der Waals surface area contributed by atoms with E-state index >= 15 is 0 Å². The molecule has 3 aliphatic heterocycles. The van der Waals surface area contributed by atoms with E-state index < -0.39 is 10.0 Å². The molecule has 1 atom stereocenters. The summed E-state index contributed by atoms with van der Waals surface area (Å²) in [7, 11) is -1.36. The molecule has 0 saturated carbocycles. The van der Waals surface area contributed by atoms with Gasteiger partial charge in [-0.2, -0.15) is 4.31 Å². The van der Waals surface area contributed by atoms with E-state index in [0.29, 0.717) is 37.4 Å². The molecule has 4 rings (SSSR count). The van der Waals surface area contributed by atoms with Crippen molar-refractivity contribution < 1.29 is 18.0 Å². The van der Waals surface area contributed by atoms with Crippen molar-refractivity contribution in [3.63, 3.8) is 0 Å². The van der Waals surface area contributed by atoms with Gasteiger partial charge in [0, 0.05) is 52.2 Å². The number of likely N-dealkylation sites (tertiary alicyclic amines) is 1. The fourth-order valence-electron chi connectivity index (χ4n) is 4.86. The number of likely N-dealkylation sites (N-methyl/N-ethyl adjacent to an activating group) is 1. The summed E-state index contributed by atoms with van der Waals surface area (Å²) in [5, 5.41) is 0. The van der Waals surface area contributed by atoms with Crippen molar-refractivity contribution in [2.24, 2.45) is 0 Å². The van der Waals surface area contributed by atoms with Gasteiger partial charge in [-0.3, -0.25) is 9.59 Å². The van der Waals surface area contributed by atoms with Crippen LogP contribution in [0, 0.1) is 0 Å². The van der Waals surface area contributed by atoms with Crippen LogP contribution in [-0.2, 0) is 26.0 Å². The van der Waals surface area contributed by atoms with Gasteiger partial charge < -0.3 is 14.7 Å². The van der Waals surface area contributed by atoms with E-state index in [1.807, 2.05) is 4.90 Å². The van der Waals surface area contributed by atoms with Gasteiger partial charge >= 0.3 is 0 Å². The van der Waals surface area contributed by atoms with Gasteiger partial charge in [-0.1, -0.05) is 12.1 Å². The highest BCUT2D eigenvalue weighted by Gasteiger charge is 2.36. The number of carbonyl (C=O) groups excluding carboxylic acids is 2. The van der Waals surface area contributed by atoms with E-state index in [1.54, 1.807) is 29.2 Å². The highest BCUT2D eigenvalue weighted by molar-refractivity contribution is 7.89. The van der Waals surface area contributed by atoms with Crippen LogP contribution in [0.5, 0.6) is 0 Å². The summed E-state index contributed by atoms with van der Waals surface area (Å²) in [4.78, 5) is 32.1. The average Bonchev–Trinajstić information content (AvgIpc) is 3.50. The standard InChI is InChI=1S/C23H34N4O4S/c1-24-15-17-25(18-16-24)23(29)21-5-4-14-27(21)22(28)11-8-19-6-9-20(10-7-19)32(30,31)26-12-2-3-13-26/h6-7,9-10,21H,2-5,8,11-18H2,1H3/t21-/m0/s1. The van der Waals surface area contributed by atoms with Crippen LogP contribution in [0.25, 0.3) is 0 Å². The maximum absolute atomic E-state index is 13.0. The van der Waals surface area contributed by atoms with Crippen LogP contribution in [0.4, 0.5) is 0 Å². The van der Waals surface area contributed by atoms with Crippen LogP contribution in [0.15, 0.2) is 29.2 Å². The number of piperazine rings is 1. The highest BCUT2D eigenvalue weighted by Crippen LogP contribution is 2.23. The molecule has 0 unspecified atom stereocenters. The zero-order valence-electron chi connectivity index (χ0n) is 18.9. The van der Waals surface area contributed by atoms with E-state index in [1.165, 1.54) is 4.31 Å². The molecule has 2 amide bonds. The normalized spacial score (nSPS) is 23.1. The van der Waals surface area contributed by atoms with E-state index in [4.69, 9.17) is 0 Å². The monoisotopic (exact) mass is 462 g/mol. The molecule has 0 spiro atoms. The Bertz CT molecular complexity index is 920. The van der Waals surface area contributed by atoms with Gasteiger partial charge in [-0.05, 0) is 56.8 Å². The van der Waals surface area contributed by atoms with Crippen LogP contribution in [0.3, 0.4) is 0 Å². The average molecular weight is 463 g/mol. The van der Waals surface area contributed by atoms with Crippen LogP contribution in [0.1, 0.15) is 37.7 Å². The van der Waals surface area contributed by atoms with Gasteiger partial charge in [0.25, 0.3) is 0 Å². The predicted molar refractivity (Wildman–Crippen MR) is 122 cm³/mol. The van der Waals surface area contributed by atoms with Gasteiger partial charge in [-0.15, -0.1) is 0 Å². The third-order valence-electron chi connectivity index (χ3n) is 6.93. The van der Waals surface area contributed by atoms with E-state index in [9.17, 15) is 18.0 Å². The lowest BCUT2D eigenvalue weighted by Gasteiger charge is -2.35. The Morgan fingerprint density at radius 3 is 2.22 bits per heavy atom. The van der Waals surface area contributed by atoms with Crippen molar-refractivity contribution in [2.75, 3.05) is 52.9 Å². The van der Waals surface area contributed by atoms with Gasteiger partial charge in [0.2, 0.25) is 21.8 Å². The third kappa shape index (κ3) is 5.00. The number of amides is 2. The summed E-state index contributed by atoms with van der Waals surface area (Å²) in [6.07, 6.45) is 4.28. The van der Waals surface area contributed by atoms with Gasteiger partial charge in [0.15, 0.2) is 0 Å². The SMILES string of the molecule is CN1CCN(C(=O)[C@@H]2CCCN2C(=O)CCc2ccc(S(=O)(=O)N3CCCC3)cc2)CC1. The van der Waals surface area contributed by atoms with Crippen molar-refractivity contribution in [3.05, 3.63) is 29.8 Å². The molecule has 176 valence electrons. The Balaban J connectivity index is 1.32. The minimum Gasteiger partial charge on any atom is -0.338 e. The molecule has 8 nitrogen and oxygen atoms in total. The molecule has 3 heterocycles. The van der Waals surface area contributed by atoms with Crippen molar-refractivity contribution in [3.8, 4) is 0 Å². The summed E-state index contributed by atoms with van der Waals surface area (Å²) in [6.45, 7) is 4.99. The second-order valence-electron chi connectivity index (χ2n) is 9.13. The number of carbonyl (C=O) groups is 2. The predicted octanol–water partition coefficient (Wildman–Crippen LogP) is 1.17. The number of rotatable bonds is 6. The van der Waals surface area contributed by atoms with Gasteiger partial charge in [0.1, 0.15) is 6.04 Å². The summed E-state index contributed by atoms with van der Waals surface area (Å²) >= 11 is 0. The van der Waals surface area contributed by atoms with E-state index in [-0.39, 0.29) is 17.9 Å². The molecule has 1 aromatic rings. The topological polar surface area (TPSA) is 81.2 Å². The molecule has 32 heavy (non-hydrogen) atoms. The molecule has 0 aromatic heterocycles. The van der Waals surface area contributed by atoms with Crippen LogP contribution >= 0.6 is 0 Å². The minimum absolute atomic E-state index is 0.00347. The highest BCUT2D eigenvalue weighted by atomic mass is 32.2. The van der Waals surface area contributed by atoms with Crippen LogP contribution in [0.2, 0.25) is 0 Å². The second kappa shape index (κ2) is 9.89. The maximum Gasteiger partial charge on any atom is 0.245 e. The molecule has 1 aromatic carbocycles. The Hall–Kier alpha value is -1.97. The molecule has 0 radical (unpaired) electrons. The Morgan fingerprint density at radius 2 is 1.56 bits per heavy atom. The molecule has 0 bridgehead atoms. The van der Waals surface area contributed by atoms with Crippen LogP contribution in [-0.4, -0.2) is 98.1 Å². The number of hydrogen-bond acceptors (Lipinski definition) is 5. The first-order valence-corrected chi connectivity index (χ1v) is 13.2. The smallest absolute Gasteiger partial charge is 0.245 e. The summed E-state index contributed by atoms with van der Waals surface area (Å²) < 4.78 is 26.9. The summed E-state index contributed by atoms with van der Waals surface area (Å²) in [5.74, 6) is 0.0872. The first-order chi connectivity index (χ1) is 15.4. The van der Waals surface area contributed by atoms with Crippen molar-refractivity contribution in [1.29, 1.82) is 0 Å². The number of benzene rings is 1. The molecule has 0 aliphatic carbocycles. The lowest BCUT2D eigenvalue weighted by Crippen LogP contribution is -2.53. The molecular weight excluding hydrogens is 428 g/mol. The Labute approximate surface area is 191 Å². The molecule has 3 aliphatic rings. The van der Waals surface area contributed by atoms with Crippen LogP contribution < -0.4 is 0 Å². The molecule has 0 N–H and O–H groups in total. The van der Waals surface area contributed by atoms with Crippen molar-refractivity contribution in [2.45, 2.75) is 49.5 Å². The molecule has 3 fully saturated rings. The zero-order chi connectivity index (χ0) is 22.7. The van der Waals surface area contributed by atoms with E-state index in [0.717, 1.165) is 57.4 Å². The third-order valence-corrected chi connectivity index (χ3v) is 8.84. The molecule has 3 saturated heterocycles. The molecular formula is C23H34N4O4S. The summed E-state index contributed by atoms with van der Waals surface area (Å²) in [5.41, 5.74) is 0.930. The maximum atomic E-state index is 13.0. The first kappa shape index (κ1) is 23.2. The summed E-state index contributed by atoms with van der Waals surface area (Å²) in [6, 6.07) is 6.55. The Kier molecular flexibility index (Phi) is 7.17. The van der Waals surface area contributed by atoms with E-state index in [2.05, 4.69) is 11.9 Å². The van der Waals surface area contributed by atoms with Crippen molar-refractivity contribution >= 4 is 21.8 Å². The minimum atomic E-state index is -3.42. The quantitative estimate of drug-likeness (QED) is 0.634. The number of sulfonamides is 1.